The van der Waals surface area contributed by atoms with Gasteiger partial charge in [0.05, 0.1) is 11.1 Å². The number of amides is 1. The highest BCUT2D eigenvalue weighted by Gasteiger charge is 2.09. The number of rotatable bonds is 6. The maximum Gasteiger partial charge on any atom is 0.253 e. The van der Waals surface area contributed by atoms with E-state index in [1.807, 2.05) is 68.7 Å². The van der Waals surface area contributed by atoms with Crippen molar-refractivity contribution in [3.8, 4) is 0 Å². The molecule has 0 unspecified atom stereocenters. The third kappa shape index (κ3) is 4.38. The van der Waals surface area contributed by atoms with Gasteiger partial charge in [-0.15, -0.1) is 0 Å². The van der Waals surface area contributed by atoms with Crippen molar-refractivity contribution in [2.75, 3.05) is 24.3 Å². The number of carbonyl (C=O) groups excluding carboxylic acids is 1. The molecule has 30 heavy (non-hydrogen) atoms. The number of aromatic nitrogens is 2. The lowest BCUT2D eigenvalue weighted by Gasteiger charge is -2.17. The van der Waals surface area contributed by atoms with Crippen LogP contribution in [0.25, 0.3) is 10.9 Å². The Bertz CT molecular complexity index is 1160. The molecule has 0 aliphatic carbocycles. The highest BCUT2D eigenvalue weighted by atomic mass is 16.1. The van der Waals surface area contributed by atoms with Gasteiger partial charge in [-0.3, -0.25) is 4.79 Å². The monoisotopic (exact) mass is 397 g/mol. The molecule has 4 aromatic rings. The minimum atomic E-state index is -0.156. The van der Waals surface area contributed by atoms with Crippen molar-refractivity contribution in [3.05, 3.63) is 90.1 Å². The van der Waals surface area contributed by atoms with E-state index in [2.05, 4.69) is 31.6 Å². The Morgan fingerprint density at radius 3 is 2.43 bits per heavy atom. The second-order valence-electron chi connectivity index (χ2n) is 7.16. The molecule has 2 aromatic carbocycles. The Hall–Kier alpha value is -3.93. The first kappa shape index (κ1) is 19.4. The van der Waals surface area contributed by atoms with Crippen LogP contribution in [0, 0.1) is 0 Å². The molecule has 150 valence electrons. The summed E-state index contributed by atoms with van der Waals surface area (Å²) in [4.78, 5) is 23.5. The summed E-state index contributed by atoms with van der Waals surface area (Å²) >= 11 is 0. The molecule has 0 aliphatic heterocycles. The topological polar surface area (TPSA) is 70.2 Å². The van der Waals surface area contributed by atoms with E-state index in [-0.39, 0.29) is 5.91 Å². The SMILES string of the molecule is CN(C)c1cc(Nc2ccc(C(=O)NCc3ccccc3)cn2)nc2ccccc12. The van der Waals surface area contributed by atoms with Gasteiger partial charge in [0.25, 0.3) is 5.91 Å². The fourth-order valence-corrected chi connectivity index (χ4v) is 3.20. The van der Waals surface area contributed by atoms with Crippen LogP contribution in [0.1, 0.15) is 15.9 Å². The number of hydrogen-bond donors (Lipinski definition) is 2. The van der Waals surface area contributed by atoms with E-state index >= 15 is 0 Å². The quantitative estimate of drug-likeness (QED) is 0.506. The van der Waals surface area contributed by atoms with Crippen molar-refractivity contribution < 1.29 is 4.79 Å². The molecule has 0 aliphatic rings. The number of fused-ring (bicyclic) bond motifs is 1. The van der Waals surface area contributed by atoms with E-state index in [1.165, 1.54) is 0 Å². The van der Waals surface area contributed by atoms with Crippen LogP contribution < -0.4 is 15.5 Å². The molecule has 0 radical (unpaired) electrons. The van der Waals surface area contributed by atoms with Gasteiger partial charge >= 0.3 is 0 Å². The average Bonchev–Trinajstić information content (AvgIpc) is 2.78. The summed E-state index contributed by atoms with van der Waals surface area (Å²) in [5.41, 5.74) is 3.54. The standard InChI is InChI=1S/C24H23N5O/c1-29(2)21-14-23(27-20-11-7-6-10-19(20)21)28-22-13-12-18(16-25-22)24(30)26-15-17-8-4-3-5-9-17/h3-14,16H,15H2,1-2H3,(H,26,30)(H,25,27,28). The van der Waals surface area contributed by atoms with Crippen molar-refractivity contribution in [1.82, 2.24) is 15.3 Å². The summed E-state index contributed by atoms with van der Waals surface area (Å²) < 4.78 is 0. The fourth-order valence-electron chi connectivity index (χ4n) is 3.20. The summed E-state index contributed by atoms with van der Waals surface area (Å²) in [6.07, 6.45) is 1.57. The lowest BCUT2D eigenvalue weighted by molar-refractivity contribution is 0.0950. The third-order valence-corrected chi connectivity index (χ3v) is 4.75. The molecule has 4 rings (SSSR count). The van der Waals surface area contributed by atoms with Gasteiger partial charge in [0.2, 0.25) is 0 Å². The number of carbonyl (C=O) groups is 1. The van der Waals surface area contributed by atoms with E-state index in [1.54, 1.807) is 18.3 Å². The number of pyridine rings is 2. The highest BCUT2D eigenvalue weighted by molar-refractivity contribution is 5.95. The Morgan fingerprint density at radius 2 is 1.70 bits per heavy atom. The zero-order chi connectivity index (χ0) is 20.9. The largest absolute Gasteiger partial charge is 0.377 e. The molecule has 2 heterocycles. The van der Waals surface area contributed by atoms with Crippen LogP contribution in [0.5, 0.6) is 0 Å². The van der Waals surface area contributed by atoms with E-state index in [0.717, 1.165) is 22.2 Å². The van der Waals surface area contributed by atoms with Crippen LogP contribution in [-0.2, 0) is 6.54 Å². The zero-order valence-electron chi connectivity index (χ0n) is 17.0. The molecular weight excluding hydrogens is 374 g/mol. The molecule has 1 amide bonds. The summed E-state index contributed by atoms with van der Waals surface area (Å²) in [6.45, 7) is 0.480. The first-order valence-corrected chi connectivity index (χ1v) is 9.72. The summed E-state index contributed by atoms with van der Waals surface area (Å²) in [6, 6.07) is 23.4. The number of para-hydroxylation sites is 1. The molecule has 0 atom stereocenters. The fraction of sp³-hybridized carbons (Fsp3) is 0.125. The van der Waals surface area contributed by atoms with E-state index in [9.17, 15) is 4.79 Å². The van der Waals surface area contributed by atoms with Crippen molar-refractivity contribution in [3.63, 3.8) is 0 Å². The highest BCUT2D eigenvalue weighted by Crippen LogP contribution is 2.28. The molecule has 0 spiro atoms. The molecule has 6 heteroatoms. The second kappa shape index (κ2) is 8.61. The van der Waals surface area contributed by atoms with Crippen LogP contribution in [0.4, 0.5) is 17.3 Å². The first-order chi connectivity index (χ1) is 14.6. The minimum Gasteiger partial charge on any atom is -0.377 e. The number of nitrogens with one attached hydrogen (secondary N) is 2. The zero-order valence-corrected chi connectivity index (χ0v) is 17.0. The van der Waals surface area contributed by atoms with Gasteiger partial charge in [-0.25, -0.2) is 9.97 Å². The first-order valence-electron chi connectivity index (χ1n) is 9.72. The van der Waals surface area contributed by atoms with Gasteiger partial charge in [-0.05, 0) is 23.8 Å². The molecule has 2 aromatic heterocycles. The van der Waals surface area contributed by atoms with E-state index < -0.39 is 0 Å². The lowest BCUT2D eigenvalue weighted by Crippen LogP contribution is -2.22. The van der Waals surface area contributed by atoms with Gasteiger partial charge in [0, 0.05) is 44.0 Å². The number of nitrogens with zero attached hydrogens (tertiary/aromatic N) is 3. The van der Waals surface area contributed by atoms with Crippen LogP contribution >= 0.6 is 0 Å². The van der Waals surface area contributed by atoms with Gasteiger partial charge in [-0.2, -0.15) is 0 Å². The molecule has 6 nitrogen and oxygen atoms in total. The predicted molar refractivity (Wildman–Crippen MR) is 121 cm³/mol. The summed E-state index contributed by atoms with van der Waals surface area (Å²) in [5.74, 6) is 1.17. The van der Waals surface area contributed by atoms with Crippen molar-refractivity contribution in [1.29, 1.82) is 0 Å². The van der Waals surface area contributed by atoms with Crippen LogP contribution in [0.2, 0.25) is 0 Å². The molecular formula is C24H23N5O. The van der Waals surface area contributed by atoms with Crippen LogP contribution in [0.15, 0.2) is 79.0 Å². The summed E-state index contributed by atoms with van der Waals surface area (Å²) in [5, 5.41) is 7.23. The maximum atomic E-state index is 12.4. The Labute approximate surface area is 175 Å². The molecule has 0 fully saturated rings. The number of hydrogen-bond acceptors (Lipinski definition) is 5. The van der Waals surface area contributed by atoms with Gasteiger partial charge in [-0.1, -0.05) is 48.5 Å². The van der Waals surface area contributed by atoms with E-state index in [0.29, 0.717) is 23.7 Å². The molecule has 0 saturated heterocycles. The van der Waals surface area contributed by atoms with Gasteiger partial charge < -0.3 is 15.5 Å². The van der Waals surface area contributed by atoms with Gasteiger partial charge in [0.1, 0.15) is 11.6 Å². The minimum absolute atomic E-state index is 0.156. The maximum absolute atomic E-state index is 12.4. The Kier molecular flexibility index (Phi) is 5.57. The van der Waals surface area contributed by atoms with Crippen molar-refractivity contribution >= 4 is 34.1 Å². The smallest absolute Gasteiger partial charge is 0.253 e. The summed E-state index contributed by atoms with van der Waals surface area (Å²) in [7, 11) is 4.01. The van der Waals surface area contributed by atoms with E-state index in [4.69, 9.17) is 0 Å². The van der Waals surface area contributed by atoms with Crippen molar-refractivity contribution in [2.45, 2.75) is 6.54 Å². The van der Waals surface area contributed by atoms with Crippen LogP contribution in [0.3, 0.4) is 0 Å². The normalized spacial score (nSPS) is 10.6. The Balaban J connectivity index is 1.47. The van der Waals surface area contributed by atoms with Crippen LogP contribution in [-0.4, -0.2) is 30.0 Å². The second-order valence-corrected chi connectivity index (χ2v) is 7.16. The number of benzene rings is 2. The molecule has 0 saturated carbocycles. The average molecular weight is 397 g/mol. The molecule has 0 bridgehead atoms. The third-order valence-electron chi connectivity index (χ3n) is 4.75. The van der Waals surface area contributed by atoms with Gasteiger partial charge in [0.15, 0.2) is 0 Å². The number of anilines is 3. The Morgan fingerprint density at radius 1 is 0.933 bits per heavy atom. The van der Waals surface area contributed by atoms with Crippen molar-refractivity contribution in [2.24, 2.45) is 0 Å². The predicted octanol–water partition coefficient (Wildman–Crippen LogP) is 4.37. The lowest BCUT2D eigenvalue weighted by atomic mass is 10.1. The molecule has 2 N–H and O–H groups in total.